The predicted octanol–water partition coefficient (Wildman–Crippen LogP) is 4.06. The summed E-state index contributed by atoms with van der Waals surface area (Å²) in [5.74, 6) is -1.30. The van der Waals surface area contributed by atoms with Crippen LogP contribution in [0.4, 0.5) is 0 Å². The van der Waals surface area contributed by atoms with Crippen LogP contribution in [-0.4, -0.2) is 39.4 Å². The van der Waals surface area contributed by atoms with Gasteiger partial charge in [-0.3, -0.25) is 0 Å². The van der Waals surface area contributed by atoms with E-state index < -0.39 is 5.97 Å². The van der Waals surface area contributed by atoms with Crippen molar-refractivity contribution >= 4 is 6.08 Å². The molecule has 0 saturated carbocycles. The minimum atomic E-state index is -1.16. The predicted molar refractivity (Wildman–Crippen MR) is 87.4 cm³/mol. The molecular formula is C17H33NO4. The summed E-state index contributed by atoms with van der Waals surface area (Å²) >= 11 is 0. The normalized spacial score (nSPS) is 14.4. The molecule has 2 atom stereocenters. The van der Waals surface area contributed by atoms with E-state index in [1.54, 1.807) is 27.4 Å². The summed E-state index contributed by atoms with van der Waals surface area (Å²) in [7, 11) is 4.66. The molecule has 2 unspecified atom stereocenters. The summed E-state index contributed by atoms with van der Waals surface area (Å²) in [6, 6.07) is -0.195. The lowest BCUT2D eigenvalue weighted by atomic mass is 9.88. The topological polar surface area (TPSA) is 57.1 Å². The van der Waals surface area contributed by atoms with Gasteiger partial charge in [-0.2, -0.15) is 0 Å². The lowest BCUT2D eigenvalue weighted by Gasteiger charge is -2.38. The van der Waals surface area contributed by atoms with Crippen LogP contribution in [0.5, 0.6) is 0 Å². The first-order chi connectivity index (χ1) is 10.7. The van der Waals surface area contributed by atoms with Gasteiger partial charge in [0.2, 0.25) is 6.08 Å². The fourth-order valence-electron chi connectivity index (χ4n) is 3.00. The van der Waals surface area contributed by atoms with E-state index in [1.165, 1.54) is 19.3 Å². The van der Waals surface area contributed by atoms with Crippen molar-refractivity contribution in [2.75, 3.05) is 21.3 Å². The van der Waals surface area contributed by atoms with Gasteiger partial charge >= 0.3 is 0 Å². The molecule has 0 aromatic heterocycles. The standard InChI is InChI=1S/C17H33NO4/c1-6-8-9-10-11-13-16(18-14-19)15(12-7-2)17(20-3,21-4)22-5/h15-16H,6-13H2,1-5H3. The van der Waals surface area contributed by atoms with Crippen molar-refractivity contribution in [2.24, 2.45) is 10.9 Å². The maximum Gasteiger partial charge on any atom is 0.287 e. The Balaban J connectivity index is 4.96. The number of carbonyl (C=O) groups excluding carboxylic acids is 1. The van der Waals surface area contributed by atoms with Crippen LogP contribution in [0, 0.1) is 5.92 Å². The van der Waals surface area contributed by atoms with Crippen LogP contribution in [0.1, 0.15) is 65.2 Å². The molecule has 22 heavy (non-hydrogen) atoms. The number of hydrogen-bond acceptors (Lipinski definition) is 5. The summed E-state index contributed by atoms with van der Waals surface area (Å²) in [4.78, 5) is 14.9. The third-order valence-corrected chi connectivity index (χ3v) is 4.19. The van der Waals surface area contributed by atoms with E-state index in [1.807, 2.05) is 0 Å². The summed E-state index contributed by atoms with van der Waals surface area (Å²) in [5, 5.41) is 0. The molecule has 0 aliphatic heterocycles. The first-order valence-electron chi connectivity index (χ1n) is 8.38. The fourth-order valence-corrected chi connectivity index (χ4v) is 3.00. The number of rotatable bonds is 14. The van der Waals surface area contributed by atoms with Crippen LogP contribution < -0.4 is 0 Å². The molecule has 0 heterocycles. The maximum atomic E-state index is 10.8. The third kappa shape index (κ3) is 6.57. The first kappa shape index (κ1) is 21.3. The number of nitrogens with zero attached hydrogens (tertiary/aromatic N) is 1. The molecule has 0 amide bonds. The number of unbranched alkanes of at least 4 members (excludes halogenated alkanes) is 4. The van der Waals surface area contributed by atoms with Crippen molar-refractivity contribution in [3.05, 3.63) is 0 Å². The fraction of sp³-hybridized carbons (Fsp3) is 0.941. The largest absolute Gasteiger partial charge is 0.331 e. The van der Waals surface area contributed by atoms with E-state index >= 15 is 0 Å². The van der Waals surface area contributed by atoms with E-state index in [-0.39, 0.29) is 12.0 Å². The molecule has 5 nitrogen and oxygen atoms in total. The molecule has 5 heteroatoms. The van der Waals surface area contributed by atoms with Crippen LogP contribution in [0.2, 0.25) is 0 Å². The van der Waals surface area contributed by atoms with E-state index in [0.29, 0.717) is 0 Å². The minimum Gasteiger partial charge on any atom is -0.331 e. The summed E-state index contributed by atoms with van der Waals surface area (Å²) in [5.41, 5.74) is 0. The molecule has 0 aromatic rings. The van der Waals surface area contributed by atoms with Gasteiger partial charge < -0.3 is 14.2 Å². The van der Waals surface area contributed by atoms with Crippen LogP contribution in [0.3, 0.4) is 0 Å². The Morgan fingerprint density at radius 2 is 1.50 bits per heavy atom. The van der Waals surface area contributed by atoms with Crippen molar-refractivity contribution in [1.29, 1.82) is 0 Å². The van der Waals surface area contributed by atoms with E-state index in [4.69, 9.17) is 14.2 Å². The molecule has 0 spiro atoms. The van der Waals surface area contributed by atoms with Crippen molar-refractivity contribution in [1.82, 2.24) is 0 Å². The number of ether oxygens (including phenoxy) is 3. The van der Waals surface area contributed by atoms with Crippen LogP contribution in [0.25, 0.3) is 0 Å². The molecule has 0 bridgehead atoms. The highest BCUT2D eigenvalue weighted by atomic mass is 16.9. The van der Waals surface area contributed by atoms with Gasteiger partial charge in [0.05, 0.1) is 12.0 Å². The zero-order valence-electron chi connectivity index (χ0n) is 14.9. The molecule has 0 rings (SSSR count). The maximum absolute atomic E-state index is 10.8. The summed E-state index contributed by atoms with van der Waals surface area (Å²) in [6.07, 6.45) is 10.1. The van der Waals surface area contributed by atoms with Gasteiger partial charge in [0.25, 0.3) is 5.97 Å². The van der Waals surface area contributed by atoms with Gasteiger partial charge in [0.1, 0.15) is 0 Å². The van der Waals surface area contributed by atoms with Gasteiger partial charge in [0, 0.05) is 21.3 Å². The van der Waals surface area contributed by atoms with E-state index in [2.05, 4.69) is 18.8 Å². The van der Waals surface area contributed by atoms with Crippen molar-refractivity contribution in [3.63, 3.8) is 0 Å². The second-order valence-electron chi connectivity index (χ2n) is 5.60. The highest BCUT2D eigenvalue weighted by Gasteiger charge is 2.44. The lowest BCUT2D eigenvalue weighted by Crippen LogP contribution is -2.48. The zero-order valence-corrected chi connectivity index (χ0v) is 14.9. The van der Waals surface area contributed by atoms with Crippen molar-refractivity contribution < 1.29 is 19.0 Å². The van der Waals surface area contributed by atoms with Crippen LogP contribution in [-0.2, 0) is 19.0 Å². The molecular weight excluding hydrogens is 282 g/mol. The Morgan fingerprint density at radius 3 is 1.95 bits per heavy atom. The SMILES string of the molecule is CCCCCCCC(N=C=O)C(CCC)C(OC)(OC)OC. The summed E-state index contributed by atoms with van der Waals surface area (Å²) < 4.78 is 16.5. The Kier molecular flexibility index (Phi) is 12.3. The Bertz CT molecular complexity index is 304. The molecule has 0 N–H and O–H groups in total. The van der Waals surface area contributed by atoms with E-state index in [9.17, 15) is 4.79 Å². The number of methoxy groups -OCH3 is 3. The highest BCUT2D eigenvalue weighted by Crippen LogP contribution is 2.34. The van der Waals surface area contributed by atoms with Crippen LogP contribution in [0.15, 0.2) is 4.99 Å². The van der Waals surface area contributed by atoms with Crippen molar-refractivity contribution in [3.8, 4) is 0 Å². The first-order valence-corrected chi connectivity index (χ1v) is 8.38. The van der Waals surface area contributed by atoms with Gasteiger partial charge in [-0.15, -0.1) is 0 Å². The quantitative estimate of drug-likeness (QED) is 0.210. The number of isocyanates is 1. The highest BCUT2D eigenvalue weighted by molar-refractivity contribution is 5.33. The average Bonchev–Trinajstić information content (AvgIpc) is 2.55. The molecule has 0 aliphatic rings. The summed E-state index contributed by atoms with van der Waals surface area (Å²) in [6.45, 7) is 4.28. The number of aliphatic imine (C=N–C) groups is 1. The van der Waals surface area contributed by atoms with E-state index in [0.717, 1.165) is 32.1 Å². The zero-order chi connectivity index (χ0) is 16.8. The van der Waals surface area contributed by atoms with Crippen LogP contribution >= 0.6 is 0 Å². The Labute approximate surface area is 135 Å². The monoisotopic (exact) mass is 315 g/mol. The van der Waals surface area contributed by atoms with Gasteiger partial charge in [0.15, 0.2) is 0 Å². The van der Waals surface area contributed by atoms with Crippen molar-refractivity contribution in [2.45, 2.75) is 77.2 Å². The third-order valence-electron chi connectivity index (χ3n) is 4.19. The molecule has 0 radical (unpaired) electrons. The van der Waals surface area contributed by atoms with Gasteiger partial charge in [-0.05, 0) is 12.8 Å². The Morgan fingerprint density at radius 1 is 0.909 bits per heavy atom. The van der Waals surface area contributed by atoms with Gasteiger partial charge in [-0.25, -0.2) is 9.79 Å². The molecule has 0 aliphatic carbocycles. The molecule has 0 fully saturated rings. The van der Waals surface area contributed by atoms with Gasteiger partial charge in [-0.1, -0.05) is 52.4 Å². The smallest absolute Gasteiger partial charge is 0.287 e. The number of hydrogen-bond donors (Lipinski definition) is 0. The Hall–Kier alpha value is -0.740. The minimum absolute atomic E-state index is 0.134. The molecule has 130 valence electrons. The molecule has 0 saturated heterocycles. The lowest BCUT2D eigenvalue weighted by molar-refractivity contribution is -0.382. The molecule has 0 aromatic carbocycles. The average molecular weight is 315 g/mol. The second-order valence-corrected chi connectivity index (χ2v) is 5.60. The second kappa shape index (κ2) is 12.8.